The van der Waals surface area contributed by atoms with Crippen LogP contribution in [0.15, 0.2) is 0 Å². The minimum absolute atomic E-state index is 0.0162. The lowest BCUT2D eigenvalue weighted by molar-refractivity contribution is -0.527. The minimum Gasteiger partial charge on any atom is -0.300 e. The molecule has 62 valence electrons. The summed E-state index contributed by atoms with van der Waals surface area (Å²) in [5.74, 6) is 0.154. The molecule has 0 heterocycles. The molecule has 0 saturated heterocycles. The van der Waals surface area contributed by atoms with Crippen LogP contribution in [0.25, 0.3) is 0 Å². The number of carbonyl (C=O) groups is 1. The summed E-state index contributed by atoms with van der Waals surface area (Å²) in [4.78, 5) is 20.7. The van der Waals surface area contributed by atoms with Gasteiger partial charge in [0.15, 0.2) is 0 Å². The van der Waals surface area contributed by atoms with Crippen LogP contribution in [0.3, 0.4) is 0 Å². The Labute approximate surface area is 64.7 Å². The number of rotatable bonds is 2. The maximum absolute atomic E-state index is 10.8. The van der Waals surface area contributed by atoms with E-state index >= 15 is 0 Å². The summed E-state index contributed by atoms with van der Waals surface area (Å²) >= 11 is 0. The van der Waals surface area contributed by atoms with Gasteiger partial charge in [-0.05, 0) is 6.42 Å². The molecule has 0 N–H and O–H groups in total. The molecule has 1 aliphatic rings. The Kier molecular flexibility index (Phi) is 2.22. The highest BCUT2D eigenvalue weighted by Crippen LogP contribution is 2.26. The van der Waals surface area contributed by atoms with Gasteiger partial charge < -0.3 is 0 Å². The van der Waals surface area contributed by atoms with Crippen molar-refractivity contribution in [2.45, 2.75) is 32.2 Å². The molecule has 2 unspecified atom stereocenters. The second kappa shape index (κ2) is 2.98. The Morgan fingerprint density at radius 3 is 2.73 bits per heavy atom. The van der Waals surface area contributed by atoms with Gasteiger partial charge in [0.25, 0.3) is 0 Å². The Hall–Kier alpha value is -0.930. The highest BCUT2D eigenvalue weighted by molar-refractivity contribution is 5.80. The molecule has 1 rings (SSSR count). The van der Waals surface area contributed by atoms with Gasteiger partial charge in [0, 0.05) is 30.6 Å². The molecule has 1 aliphatic carbocycles. The van der Waals surface area contributed by atoms with Crippen LogP contribution in [-0.4, -0.2) is 16.7 Å². The molecule has 0 amide bonds. The zero-order chi connectivity index (χ0) is 8.43. The first-order valence-electron chi connectivity index (χ1n) is 3.76. The number of nitrogens with zero attached hydrogens (tertiary/aromatic N) is 1. The topological polar surface area (TPSA) is 60.2 Å². The van der Waals surface area contributed by atoms with E-state index < -0.39 is 6.04 Å². The lowest BCUT2D eigenvalue weighted by Gasteiger charge is -2.08. The van der Waals surface area contributed by atoms with Gasteiger partial charge in [-0.25, -0.2) is 0 Å². The van der Waals surface area contributed by atoms with Crippen molar-refractivity contribution in [2.75, 3.05) is 0 Å². The SMILES string of the molecule is CC(C1CCC(=O)C1)[N+](=O)[O-]. The number of Topliss-reactive ketones (excluding diaryl/α,β-unsaturated/α-hetero) is 1. The van der Waals surface area contributed by atoms with Crippen LogP contribution in [-0.2, 0) is 4.79 Å². The highest BCUT2D eigenvalue weighted by Gasteiger charge is 2.33. The summed E-state index contributed by atoms with van der Waals surface area (Å²) in [5.41, 5.74) is 0. The quantitative estimate of drug-likeness (QED) is 0.444. The summed E-state index contributed by atoms with van der Waals surface area (Å²) in [6.45, 7) is 1.57. The van der Waals surface area contributed by atoms with Crippen LogP contribution in [0.4, 0.5) is 0 Å². The molecule has 4 heteroatoms. The van der Waals surface area contributed by atoms with E-state index in [4.69, 9.17) is 0 Å². The third-order valence-electron chi connectivity index (χ3n) is 2.30. The fourth-order valence-corrected chi connectivity index (χ4v) is 1.43. The third kappa shape index (κ3) is 1.76. The second-order valence-corrected chi connectivity index (χ2v) is 3.07. The van der Waals surface area contributed by atoms with Crippen molar-refractivity contribution in [2.24, 2.45) is 5.92 Å². The van der Waals surface area contributed by atoms with Gasteiger partial charge in [0.05, 0.1) is 0 Å². The van der Waals surface area contributed by atoms with Crippen molar-refractivity contribution < 1.29 is 9.72 Å². The normalized spacial score (nSPS) is 27.0. The molecular formula is C7H11NO3. The van der Waals surface area contributed by atoms with Crippen molar-refractivity contribution in [3.63, 3.8) is 0 Å². The van der Waals surface area contributed by atoms with E-state index in [1.807, 2.05) is 0 Å². The lowest BCUT2D eigenvalue weighted by atomic mass is 10.0. The van der Waals surface area contributed by atoms with E-state index in [0.717, 1.165) is 0 Å². The molecule has 0 aliphatic heterocycles. The molecular weight excluding hydrogens is 146 g/mol. The Bertz CT molecular complexity index is 190. The van der Waals surface area contributed by atoms with Crippen molar-refractivity contribution >= 4 is 5.78 Å². The average molecular weight is 157 g/mol. The maximum atomic E-state index is 10.8. The number of carbonyl (C=O) groups excluding carboxylic acids is 1. The first-order valence-corrected chi connectivity index (χ1v) is 3.76. The lowest BCUT2D eigenvalue weighted by Crippen LogP contribution is -2.23. The predicted octanol–water partition coefficient (Wildman–Crippen LogP) is 1.02. The van der Waals surface area contributed by atoms with Crippen LogP contribution in [0.5, 0.6) is 0 Å². The molecule has 0 spiro atoms. The van der Waals surface area contributed by atoms with Crippen molar-refractivity contribution in [3.05, 3.63) is 10.1 Å². The summed E-state index contributed by atoms with van der Waals surface area (Å²) in [6, 6.07) is -0.554. The molecule has 0 aromatic rings. The zero-order valence-electron chi connectivity index (χ0n) is 6.45. The van der Waals surface area contributed by atoms with Gasteiger partial charge in [-0.2, -0.15) is 0 Å². The number of hydrogen-bond acceptors (Lipinski definition) is 3. The molecule has 1 fully saturated rings. The van der Waals surface area contributed by atoms with E-state index in [1.165, 1.54) is 0 Å². The minimum atomic E-state index is -0.554. The van der Waals surface area contributed by atoms with E-state index in [-0.39, 0.29) is 16.6 Å². The monoisotopic (exact) mass is 157 g/mol. The van der Waals surface area contributed by atoms with Crippen LogP contribution in [0, 0.1) is 16.0 Å². The van der Waals surface area contributed by atoms with Gasteiger partial charge in [-0.15, -0.1) is 0 Å². The average Bonchev–Trinajstić information content (AvgIpc) is 2.34. The second-order valence-electron chi connectivity index (χ2n) is 3.07. The van der Waals surface area contributed by atoms with Crippen molar-refractivity contribution in [1.82, 2.24) is 0 Å². The summed E-state index contributed by atoms with van der Waals surface area (Å²) in [5, 5.41) is 10.3. The number of ketones is 1. The molecule has 4 nitrogen and oxygen atoms in total. The third-order valence-corrected chi connectivity index (χ3v) is 2.30. The van der Waals surface area contributed by atoms with Crippen molar-refractivity contribution in [3.8, 4) is 0 Å². The first kappa shape index (κ1) is 8.17. The molecule has 0 aromatic carbocycles. The van der Waals surface area contributed by atoms with Crippen LogP contribution < -0.4 is 0 Å². The molecule has 0 radical (unpaired) electrons. The van der Waals surface area contributed by atoms with Gasteiger partial charge in [0.2, 0.25) is 6.04 Å². The molecule has 0 aromatic heterocycles. The van der Waals surface area contributed by atoms with E-state index in [0.29, 0.717) is 19.3 Å². The number of nitro groups is 1. The first-order chi connectivity index (χ1) is 5.11. The molecule has 11 heavy (non-hydrogen) atoms. The smallest absolute Gasteiger partial charge is 0.213 e. The van der Waals surface area contributed by atoms with Crippen LogP contribution in [0.1, 0.15) is 26.2 Å². The Morgan fingerprint density at radius 1 is 1.73 bits per heavy atom. The largest absolute Gasteiger partial charge is 0.300 e. The fraction of sp³-hybridized carbons (Fsp3) is 0.857. The fourth-order valence-electron chi connectivity index (χ4n) is 1.43. The highest BCUT2D eigenvalue weighted by atomic mass is 16.6. The zero-order valence-corrected chi connectivity index (χ0v) is 6.45. The predicted molar refractivity (Wildman–Crippen MR) is 38.8 cm³/mol. The summed E-state index contributed by atoms with van der Waals surface area (Å²) in [6.07, 6.45) is 1.63. The van der Waals surface area contributed by atoms with Gasteiger partial charge in [0.1, 0.15) is 5.78 Å². The van der Waals surface area contributed by atoms with Crippen LogP contribution in [0.2, 0.25) is 0 Å². The van der Waals surface area contributed by atoms with E-state index in [9.17, 15) is 14.9 Å². The van der Waals surface area contributed by atoms with E-state index in [1.54, 1.807) is 6.92 Å². The molecule has 2 atom stereocenters. The van der Waals surface area contributed by atoms with Crippen molar-refractivity contribution in [1.29, 1.82) is 0 Å². The van der Waals surface area contributed by atoms with Crippen LogP contribution >= 0.6 is 0 Å². The Morgan fingerprint density at radius 2 is 2.36 bits per heavy atom. The van der Waals surface area contributed by atoms with E-state index in [2.05, 4.69) is 0 Å². The van der Waals surface area contributed by atoms with Gasteiger partial charge in [-0.1, -0.05) is 0 Å². The maximum Gasteiger partial charge on any atom is 0.213 e. The summed E-state index contributed by atoms with van der Waals surface area (Å²) < 4.78 is 0. The van der Waals surface area contributed by atoms with Gasteiger partial charge in [-0.3, -0.25) is 14.9 Å². The summed E-state index contributed by atoms with van der Waals surface area (Å²) in [7, 11) is 0. The molecule has 0 bridgehead atoms. The number of hydrogen-bond donors (Lipinski definition) is 0. The molecule has 1 saturated carbocycles. The standard InChI is InChI=1S/C7H11NO3/c1-5(8(10)11)6-2-3-7(9)4-6/h5-6H,2-4H2,1H3. The Balaban J connectivity index is 2.49. The van der Waals surface area contributed by atoms with Gasteiger partial charge >= 0.3 is 0 Å².